The maximum Gasteiger partial charge on any atom is 0.121 e. The van der Waals surface area contributed by atoms with E-state index in [0.717, 1.165) is 59.2 Å². The van der Waals surface area contributed by atoms with Crippen LogP contribution in [-0.4, -0.2) is 24.7 Å². The first-order chi connectivity index (χ1) is 14.8. The summed E-state index contributed by atoms with van der Waals surface area (Å²) in [6.07, 6.45) is 8.07. The average Bonchev–Trinajstić information content (AvgIpc) is 2.77. The summed E-state index contributed by atoms with van der Waals surface area (Å²) >= 11 is 0. The van der Waals surface area contributed by atoms with E-state index in [1.807, 2.05) is 31.2 Å². The number of rotatable bonds is 9. The number of benzene rings is 2. The number of aryl methyl sites for hydroxylation is 1. The Bertz CT molecular complexity index is 950. The lowest BCUT2D eigenvalue weighted by atomic mass is 9.89. The molecular formula is C26H33N3O. The van der Waals surface area contributed by atoms with Crippen LogP contribution < -0.4 is 15.4 Å². The maximum absolute atomic E-state index is 6.00. The zero-order valence-electron chi connectivity index (χ0n) is 18.0. The second-order valence-electron chi connectivity index (χ2n) is 8.39. The number of aromatic nitrogens is 1. The molecule has 1 fully saturated rings. The molecule has 0 spiro atoms. The van der Waals surface area contributed by atoms with Crippen LogP contribution in [0.2, 0.25) is 0 Å². The summed E-state index contributed by atoms with van der Waals surface area (Å²) in [6, 6.07) is 18.5. The quantitative estimate of drug-likeness (QED) is 0.416. The van der Waals surface area contributed by atoms with E-state index < -0.39 is 0 Å². The summed E-state index contributed by atoms with van der Waals surface area (Å²) in [6.45, 7) is 4.95. The van der Waals surface area contributed by atoms with Crippen LogP contribution in [0.5, 0.6) is 5.75 Å². The van der Waals surface area contributed by atoms with Gasteiger partial charge in [0, 0.05) is 28.5 Å². The molecule has 1 aromatic heterocycles. The minimum atomic E-state index is 0.735. The summed E-state index contributed by atoms with van der Waals surface area (Å²) in [7, 11) is 0. The monoisotopic (exact) mass is 403 g/mol. The van der Waals surface area contributed by atoms with Crippen molar-refractivity contribution in [2.24, 2.45) is 5.92 Å². The molecule has 0 amide bonds. The Labute approximate surface area is 180 Å². The third-order valence-corrected chi connectivity index (χ3v) is 5.88. The molecular weight excluding hydrogens is 370 g/mol. The molecule has 30 heavy (non-hydrogen) atoms. The molecule has 1 aliphatic rings. The van der Waals surface area contributed by atoms with Gasteiger partial charge in [0.2, 0.25) is 0 Å². The van der Waals surface area contributed by atoms with Crippen molar-refractivity contribution in [2.45, 2.75) is 45.4 Å². The molecule has 4 nitrogen and oxygen atoms in total. The van der Waals surface area contributed by atoms with E-state index in [2.05, 4.69) is 45.9 Å². The van der Waals surface area contributed by atoms with Gasteiger partial charge in [0.05, 0.1) is 12.1 Å². The highest BCUT2D eigenvalue weighted by Crippen LogP contribution is 2.28. The fourth-order valence-corrected chi connectivity index (χ4v) is 4.31. The predicted octanol–water partition coefficient (Wildman–Crippen LogP) is 6.23. The van der Waals surface area contributed by atoms with Gasteiger partial charge in [-0.3, -0.25) is 4.98 Å². The first kappa shape index (κ1) is 20.7. The Morgan fingerprint density at radius 1 is 1.00 bits per heavy atom. The summed E-state index contributed by atoms with van der Waals surface area (Å²) in [5, 5.41) is 8.28. The summed E-state index contributed by atoms with van der Waals surface area (Å²) in [5.74, 6) is 1.79. The van der Waals surface area contributed by atoms with Crippen molar-refractivity contribution in [1.29, 1.82) is 0 Å². The molecule has 158 valence electrons. The van der Waals surface area contributed by atoms with Gasteiger partial charge in [-0.1, -0.05) is 43.5 Å². The summed E-state index contributed by atoms with van der Waals surface area (Å²) in [4.78, 5) is 4.62. The van der Waals surface area contributed by atoms with E-state index in [1.165, 1.54) is 38.6 Å². The molecule has 0 saturated heterocycles. The number of hydrogen-bond acceptors (Lipinski definition) is 4. The Morgan fingerprint density at radius 3 is 2.77 bits per heavy atom. The lowest BCUT2D eigenvalue weighted by molar-refractivity contribution is 0.299. The second kappa shape index (κ2) is 10.4. The van der Waals surface area contributed by atoms with Gasteiger partial charge in [-0.15, -0.1) is 0 Å². The van der Waals surface area contributed by atoms with Gasteiger partial charge in [0.1, 0.15) is 5.75 Å². The summed E-state index contributed by atoms with van der Waals surface area (Å²) < 4.78 is 6.00. The minimum Gasteiger partial charge on any atom is -0.493 e. The van der Waals surface area contributed by atoms with E-state index in [1.54, 1.807) is 0 Å². The van der Waals surface area contributed by atoms with Gasteiger partial charge in [0.15, 0.2) is 0 Å². The third kappa shape index (κ3) is 5.73. The van der Waals surface area contributed by atoms with Crippen LogP contribution in [0, 0.1) is 12.8 Å². The second-order valence-corrected chi connectivity index (χ2v) is 8.39. The number of fused-ring (bicyclic) bond motifs is 1. The molecule has 3 aromatic rings. The van der Waals surface area contributed by atoms with Gasteiger partial charge in [-0.25, -0.2) is 0 Å². The van der Waals surface area contributed by atoms with Crippen LogP contribution in [0.1, 0.15) is 44.2 Å². The number of ether oxygens (including phenoxy) is 1. The molecule has 0 aliphatic heterocycles. The highest BCUT2D eigenvalue weighted by atomic mass is 16.5. The SMILES string of the molecule is Cc1cc(Nc2cccc(OCCCNCC3CCCCC3)c2)c2ccccc2n1. The number of nitrogens with one attached hydrogen (secondary N) is 2. The number of anilines is 2. The highest BCUT2D eigenvalue weighted by Gasteiger charge is 2.12. The smallest absolute Gasteiger partial charge is 0.121 e. The van der Waals surface area contributed by atoms with Gasteiger partial charge in [-0.2, -0.15) is 0 Å². The molecule has 0 unspecified atom stereocenters. The molecule has 1 heterocycles. The van der Waals surface area contributed by atoms with Crippen molar-refractivity contribution >= 4 is 22.3 Å². The van der Waals surface area contributed by atoms with E-state index in [4.69, 9.17) is 4.74 Å². The third-order valence-electron chi connectivity index (χ3n) is 5.88. The van der Waals surface area contributed by atoms with Gasteiger partial charge >= 0.3 is 0 Å². The van der Waals surface area contributed by atoms with Crippen LogP contribution in [-0.2, 0) is 0 Å². The van der Waals surface area contributed by atoms with Crippen LogP contribution in [0.3, 0.4) is 0 Å². The Kier molecular flexibility index (Phi) is 7.20. The van der Waals surface area contributed by atoms with Crippen molar-refractivity contribution in [1.82, 2.24) is 10.3 Å². The standard InChI is InChI=1S/C26H33N3O/c1-20-17-26(24-13-5-6-14-25(24)28-20)29-22-11-7-12-23(18-22)30-16-8-15-27-19-21-9-3-2-4-10-21/h5-7,11-14,17-18,21,27H,2-4,8-10,15-16,19H2,1H3,(H,28,29). The van der Waals surface area contributed by atoms with Crippen molar-refractivity contribution in [2.75, 3.05) is 25.0 Å². The van der Waals surface area contributed by atoms with Gasteiger partial charge in [0.25, 0.3) is 0 Å². The topological polar surface area (TPSA) is 46.2 Å². The van der Waals surface area contributed by atoms with E-state index >= 15 is 0 Å². The van der Waals surface area contributed by atoms with Crippen molar-refractivity contribution in [3.05, 3.63) is 60.3 Å². The van der Waals surface area contributed by atoms with Crippen LogP contribution >= 0.6 is 0 Å². The maximum atomic E-state index is 6.00. The van der Waals surface area contributed by atoms with Crippen molar-refractivity contribution in [3.8, 4) is 5.75 Å². The lowest BCUT2D eigenvalue weighted by Gasteiger charge is -2.21. The first-order valence-corrected chi connectivity index (χ1v) is 11.3. The number of para-hydroxylation sites is 1. The van der Waals surface area contributed by atoms with E-state index in [9.17, 15) is 0 Å². The highest BCUT2D eigenvalue weighted by molar-refractivity contribution is 5.93. The van der Waals surface area contributed by atoms with Crippen molar-refractivity contribution in [3.63, 3.8) is 0 Å². The Morgan fingerprint density at radius 2 is 1.87 bits per heavy atom. The summed E-state index contributed by atoms with van der Waals surface area (Å²) in [5.41, 5.74) is 4.11. The minimum absolute atomic E-state index is 0.735. The normalized spacial score (nSPS) is 14.7. The molecule has 4 heteroatoms. The zero-order chi connectivity index (χ0) is 20.6. The molecule has 0 atom stereocenters. The van der Waals surface area contributed by atoms with Crippen LogP contribution in [0.4, 0.5) is 11.4 Å². The molecule has 4 rings (SSSR count). The van der Waals surface area contributed by atoms with Crippen molar-refractivity contribution < 1.29 is 4.74 Å². The van der Waals surface area contributed by atoms with Crippen LogP contribution in [0.25, 0.3) is 10.9 Å². The largest absolute Gasteiger partial charge is 0.493 e. The first-order valence-electron chi connectivity index (χ1n) is 11.3. The molecule has 1 aliphatic carbocycles. The Balaban J connectivity index is 1.27. The average molecular weight is 404 g/mol. The van der Waals surface area contributed by atoms with E-state index in [0.29, 0.717) is 0 Å². The lowest BCUT2D eigenvalue weighted by Crippen LogP contribution is -2.26. The van der Waals surface area contributed by atoms with Gasteiger partial charge in [-0.05, 0) is 69.5 Å². The number of hydrogen-bond donors (Lipinski definition) is 2. The molecule has 0 bridgehead atoms. The molecule has 2 N–H and O–H groups in total. The number of nitrogens with zero attached hydrogens (tertiary/aromatic N) is 1. The molecule has 0 radical (unpaired) electrons. The predicted molar refractivity (Wildman–Crippen MR) is 126 cm³/mol. The fraction of sp³-hybridized carbons (Fsp3) is 0.423. The fourth-order valence-electron chi connectivity index (χ4n) is 4.31. The number of pyridine rings is 1. The zero-order valence-corrected chi connectivity index (χ0v) is 18.0. The van der Waals surface area contributed by atoms with Gasteiger partial charge < -0.3 is 15.4 Å². The Hall–Kier alpha value is -2.59. The molecule has 1 saturated carbocycles. The van der Waals surface area contributed by atoms with Crippen LogP contribution in [0.15, 0.2) is 54.6 Å². The van der Waals surface area contributed by atoms with E-state index in [-0.39, 0.29) is 0 Å². The molecule has 2 aromatic carbocycles.